The third kappa shape index (κ3) is 3.59. The second kappa shape index (κ2) is 7.20. The predicted molar refractivity (Wildman–Crippen MR) is 81.4 cm³/mol. The van der Waals surface area contributed by atoms with E-state index < -0.39 is 10.8 Å². The summed E-state index contributed by atoms with van der Waals surface area (Å²) in [6.45, 7) is 3.39. The Balaban J connectivity index is 2.02. The van der Waals surface area contributed by atoms with E-state index in [4.69, 9.17) is 15.2 Å². The topological polar surface area (TPSA) is 61.5 Å². The summed E-state index contributed by atoms with van der Waals surface area (Å²) in [5.74, 6) is 0.805. The molecule has 1 aromatic carbocycles. The van der Waals surface area contributed by atoms with Crippen LogP contribution >= 0.6 is 0 Å². The van der Waals surface area contributed by atoms with Gasteiger partial charge in [-0.3, -0.25) is 4.21 Å². The first kappa shape index (κ1) is 15.5. The van der Waals surface area contributed by atoms with E-state index in [0.29, 0.717) is 13.2 Å². The van der Waals surface area contributed by atoms with Crippen molar-refractivity contribution in [1.82, 2.24) is 0 Å². The lowest BCUT2D eigenvalue weighted by Gasteiger charge is -2.27. The third-order valence-corrected chi connectivity index (χ3v) is 6.02. The van der Waals surface area contributed by atoms with Gasteiger partial charge in [0, 0.05) is 35.3 Å². The molecule has 0 aromatic heterocycles. The van der Waals surface area contributed by atoms with E-state index in [1.807, 2.05) is 31.2 Å². The van der Waals surface area contributed by atoms with Crippen LogP contribution in [0.5, 0.6) is 5.75 Å². The summed E-state index contributed by atoms with van der Waals surface area (Å²) < 4.78 is 23.0. The molecule has 5 heteroatoms. The first-order valence-corrected chi connectivity index (χ1v) is 8.27. The molecule has 0 aliphatic carbocycles. The Hall–Kier alpha value is -0.910. The summed E-state index contributed by atoms with van der Waals surface area (Å²) in [6, 6.07) is 7.45. The Bertz CT molecular complexity index is 443. The van der Waals surface area contributed by atoms with Crippen LogP contribution in [0.3, 0.4) is 0 Å². The Labute approximate surface area is 123 Å². The molecule has 0 bridgehead atoms. The van der Waals surface area contributed by atoms with Gasteiger partial charge in [0.2, 0.25) is 0 Å². The van der Waals surface area contributed by atoms with Crippen LogP contribution in [0.4, 0.5) is 0 Å². The Morgan fingerprint density at radius 2 is 1.90 bits per heavy atom. The zero-order valence-corrected chi connectivity index (χ0v) is 12.9. The van der Waals surface area contributed by atoms with E-state index in [2.05, 4.69) is 0 Å². The fourth-order valence-electron chi connectivity index (χ4n) is 2.45. The van der Waals surface area contributed by atoms with Crippen molar-refractivity contribution in [3.05, 3.63) is 29.8 Å². The average Bonchev–Trinajstić information content (AvgIpc) is 2.53. The van der Waals surface area contributed by atoms with Crippen LogP contribution in [0.1, 0.15) is 31.4 Å². The zero-order chi connectivity index (χ0) is 14.5. The number of rotatable bonds is 5. The summed E-state index contributed by atoms with van der Waals surface area (Å²) in [5.41, 5.74) is 7.27. The van der Waals surface area contributed by atoms with Gasteiger partial charge in [0.25, 0.3) is 0 Å². The first-order chi connectivity index (χ1) is 9.63. The molecule has 0 radical (unpaired) electrons. The van der Waals surface area contributed by atoms with Crippen LogP contribution in [0, 0.1) is 0 Å². The SMILES string of the molecule is COc1ccc(C(N)C(C)S(=O)C2CCOCC2)cc1. The standard InChI is InChI=1S/C15H23NO3S/c1-11(20(17)14-7-9-19-10-8-14)15(16)12-3-5-13(18-2)6-4-12/h3-6,11,14-15H,7-10,16H2,1-2H3. The molecule has 3 unspecified atom stereocenters. The maximum Gasteiger partial charge on any atom is 0.118 e. The van der Waals surface area contributed by atoms with E-state index in [9.17, 15) is 4.21 Å². The van der Waals surface area contributed by atoms with Crippen molar-refractivity contribution in [3.63, 3.8) is 0 Å². The van der Waals surface area contributed by atoms with Gasteiger partial charge in [0.1, 0.15) is 5.75 Å². The summed E-state index contributed by atoms with van der Waals surface area (Å²) in [4.78, 5) is 0. The zero-order valence-electron chi connectivity index (χ0n) is 12.1. The van der Waals surface area contributed by atoms with Crippen LogP contribution in [-0.2, 0) is 15.5 Å². The Kier molecular flexibility index (Phi) is 5.57. The number of nitrogens with two attached hydrogens (primary N) is 1. The Morgan fingerprint density at radius 3 is 2.45 bits per heavy atom. The molecule has 1 fully saturated rings. The monoisotopic (exact) mass is 297 g/mol. The molecule has 20 heavy (non-hydrogen) atoms. The van der Waals surface area contributed by atoms with Crippen molar-refractivity contribution in [3.8, 4) is 5.75 Å². The van der Waals surface area contributed by atoms with Crippen molar-refractivity contribution in [1.29, 1.82) is 0 Å². The number of hydrogen-bond donors (Lipinski definition) is 1. The molecule has 112 valence electrons. The molecule has 0 saturated carbocycles. The summed E-state index contributed by atoms with van der Waals surface area (Å²) in [5, 5.41) is 0.148. The lowest BCUT2D eigenvalue weighted by Crippen LogP contribution is -2.35. The summed E-state index contributed by atoms with van der Waals surface area (Å²) in [6.07, 6.45) is 1.73. The highest BCUT2D eigenvalue weighted by atomic mass is 32.2. The maximum absolute atomic E-state index is 12.6. The van der Waals surface area contributed by atoms with E-state index in [1.54, 1.807) is 7.11 Å². The molecular weight excluding hydrogens is 274 g/mol. The fraction of sp³-hybridized carbons (Fsp3) is 0.600. The van der Waals surface area contributed by atoms with Gasteiger partial charge in [-0.1, -0.05) is 12.1 Å². The normalized spacial score (nSPS) is 21.1. The minimum atomic E-state index is -0.925. The molecule has 2 rings (SSSR count). The molecule has 1 aliphatic heterocycles. The van der Waals surface area contributed by atoms with Gasteiger partial charge < -0.3 is 15.2 Å². The predicted octanol–water partition coefficient (Wildman–Crippen LogP) is 2.01. The van der Waals surface area contributed by atoms with Crippen molar-refractivity contribution in [2.75, 3.05) is 20.3 Å². The van der Waals surface area contributed by atoms with Crippen molar-refractivity contribution < 1.29 is 13.7 Å². The lowest BCUT2D eigenvalue weighted by atomic mass is 10.1. The molecule has 1 saturated heterocycles. The van der Waals surface area contributed by atoms with Crippen molar-refractivity contribution >= 4 is 10.8 Å². The number of benzene rings is 1. The van der Waals surface area contributed by atoms with Crippen LogP contribution in [0.25, 0.3) is 0 Å². The highest BCUT2D eigenvalue weighted by molar-refractivity contribution is 7.86. The average molecular weight is 297 g/mol. The van der Waals surface area contributed by atoms with Gasteiger partial charge in [0.05, 0.1) is 12.4 Å². The quantitative estimate of drug-likeness (QED) is 0.903. The molecule has 0 amide bonds. The van der Waals surface area contributed by atoms with E-state index in [1.165, 1.54) is 0 Å². The summed E-state index contributed by atoms with van der Waals surface area (Å²) >= 11 is 0. The number of ether oxygens (including phenoxy) is 2. The van der Waals surface area contributed by atoms with Gasteiger partial charge in [-0.25, -0.2) is 0 Å². The van der Waals surface area contributed by atoms with E-state index in [-0.39, 0.29) is 16.5 Å². The smallest absolute Gasteiger partial charge is 0.118 e. The minimum absolute atomic E-state index is 0.0634. The molecule has 1 heterocycles. The number of hydrogen-bond acceptors (Lipinski definition) is 4. The third-order valence-electron chi connectivity index (χ3n) is 3.87. The molecule has 2 N–H and O–H groups in total. The van der Waals surface area contributed by atoms with E-state index in [0.717, 1.165) is 24.2 Å². The molecular formula is C15H23NO3S. The second-order valence-corrected chi connectivity index (χ2v) is 7.21. The number of methoxy groups -OCH3 is 1. The molecule has 3 atom stereocenters. The lowest BCUT2D eigenvalue weighted by molar-refractivity contribution is 0.0990. The second-order valence-electron chi connectivity index (χ2n) is 5.14. The first-order valence-electron chi connectivity index (χ1n) is 7.00. The van der Waals surface area contributed by atoms with Gasteiger partial charge in [-0.2, -0.15) is 0 Å². The minimum Gasteiger partial charge on any atom is -0.497 e. The van der Waals surface area contributed by atoms with E-state index >= 15 is 0 Å². The van der Waals surface area contributed by atoms with Crippen molar-refractivity contribution in [2.45, 2.75) is 36.3 Å². The van der Waals surface area contributed by atoms with Crippen LogP contribution in [0.15, 0.2) is 24.3 Å². The van der Waals surface area contributed by atoms with Gasteiger partial charge in [-0.15, -0.1) is 0 Å². The van der Waals surface area contributed by atoms with Crippen molar-refractivity contribution in [2.24, 2.45) is 5.73 Å². The maximum atomic E-state index is 12.6. The highest BCUT2D eigenvalue weighted by Crippen LogP contribution is 2.25. The molecule has 4 nitrogen and oxygen atoms in total. The largest absolute Gasteiger partial charge is 0.497 e. The Morgan fingerprint density at radius 1 is 1.30 bits per heavy atom. The van der Waals surface area contributed by atoms with Gasteiger partial charge in [-0.05, 0) is 37.5 Å². The van der Waals surface area contributed by atoms with Gasteiger partial charge >= 0.3 is 0 Å². The summed E-state index contributed by atoms with van der Waals surface area (Å²) in [7, 11) is 0.711. The van der Waals surface area contributed by atoms with Crippen LogP contribution in [0.2, 0.25) is 0 Å². The van der Waals surface area contributed by atoms with Gasteiger partial charge in [0.15, 0.2) is 0 Å². The highest BCUT2D eigenvalue weighted by Gasteiger charge is 2.28. The van der Waals surface area contributed by atoms with Crippen LogP contribution < -0.4 is 10.5 Å². The molecule has 1 aromatic rings. The fourth-order valence-corrected chi connectivity index (χ4v) is 4.16. The van der Waals surface area contributed by atoms with Crippen LogP contribution in [-0.4, -0.2) is 35.0 Å². The molecule has 1 aliphatic rings. The molecule has 0 spiro atoms.